The third-order valence-corrected chi connectivity index (χ3v) is 1.34. The van der Waals surface area contributed by atoms with Crippen LogP contribution in [-0.2, 0) is 0 Å². The van der Waals surface area contributed by atoms with E-state index in [0.717, 1.165) is 5.75 Å². The number of hydrogen-bond acceptors (Lipinski definition) is 2. The van der Waals surface area contributed by atoms with Crippen molar-refractivity contribution in [2.24, 2.45) is 0 Å². The van der Waals surface area contributed by atoms with Gasteiger partial charge in [-0.05, 0) is 26.0 Å². The molecule has 1 aromatic carbocycles. The van der Waals surface area contributed by atoms with Crippen LogP contribution >= 0.6 is 0 Å². The maximum atomic E-state index is 9.35. The monoisotopic (exact) mass is 166 g/mol. The molecule has 0 spiro atoms. The van der Waals surface area contributed by atoms with E-state index >= 15 is 0 Å². The first-order valence-electron chi connectivity index (χ1n) is 3.98. The molecule has 0 aliphatic carbocycles. The molecule has 0 saturated carbocycles. The first kappa shape index (κ1) is 9.07. The van der Waals surface area contributed by atoms with E-state index in [1.54, 1.807) is 13.8 Å². The summed E-state index contributed by atoms with van der Waals surface area (Å²) < 4.78 is 5.32. The minimum Gasteiger partial charge on any atom is -0.491 e. The van der Waals surface area contributed by atoms with Crippen molar-refractivity contribution in [3.05, 3.63) is 30.3 Å². The molecule has 0 atom stereocenters. The van der Waals surface area contributed by atoms with E-state index in [1.165, 1.54) is 0 Å². The Morgan fingerprint density at radius 2 is 1.83 bits per heavy atom. The molecule has 66 valence electrons. The Bertz CT molecular complexity index is 223. The number of hydrogen-bond donors (Lipinski definition) is 1. The Balaban J connectivity index is 2.44. The van der Waals surface area contributed by atoms with Gasteiger partial charge in [0.2, 0.25) is 0 Å². The molecule has 0 fully saturated rings. The standard InChI is InChI=1S/C10H14O2/c1-10(2,11)8-12-9-6-4-3-5-7-9/h3-7,11H,8H2,1-2H3. The van der Waals surface area contributed by atoms with Crippen LogP contribution in [0.1, 0.15) is 13.8 Å². The largest absolute Gasteiger partial charge is 0.491 e. The first-order chi connectivity index (χ1) is 5.58. The van der Waals surface area contributed by atoms with Crippen LogP contribution in [0.4, 0.5) is 0 Å². The fraction of sp³-hybridized carbons (Fsp3) is 0.400. The van der Waals surface area contributed by atoms with Crippen molar-refractivity contribution in [3.8, 4) is 5.75 Å². The molecule has 0 amide bonds. The van der Waals surface area contributed by atoms with Crippen molar-refractivity contribution >= 4 is 0 Å². The Kier molecular flexibility index (Phi) is 2.71. The van der Waals surface area contributed by atoms with Crippen LogP contribution in [-0.4, -0.2) is 17.3 Å². The molecule has 12 heavy (non-hydrogen) atoms. The summed E-state index contributed by atoms with van der Waals surface area (Å²) >= 11 is 0. The predicted octanol–water partition coefficient (Wildman–Crippen LogP) is 1.84. The molecule has 1 N–H and O–H groups in total. The van der Waals surface area contributed by atoms with Gasteiger partial charge in [0.25, 0.3) is 0 Å². The van der Waals surface area contributed by atoms with Gasteiger partial charge >= 0.3 is 0 Å². The number of rotatable bonds is 3. The Hall–Kier alpha value is -1.02. The van der Waals surface area contributed by atoms with E-state index < -0.39 is 5.60 Å². The second kappa shape index (κ2) is 3.59. The van der Waals surface area contributed by atoms with Gasteiger partial charge in [0.15, 0.2) is 0 Å². The number of aliphatic hydroxyl groups is 1. The lowest BCUT2D eigenvalue weighted by molar-refractivity contribution is 0.0285. The smallest absolute Gasteiger partial charge is 0.119 e. The molecule has 0 bridgehead atoms. The maximum absolute atomic E-state index is 9.35. The molecule has 0 unspecified atom stereocenters. The summed E-state index contributed by atoms with van der Waals surface area (Å²) in [6.45, 7) is 3.75. The highest BCUT2D eigenvalue weighted by atomic mass is 16.5. The third kappa shape index (κ3) is 3.39. The topological polar surface area (TPSA) is 29.5 Å². The van der Waals surface area contributed by atoms with Crippen molar-refractivity contribution in [1.29, 1.82) is 0 Å². The van der Waals surface area contributed by atoms with Gasteiger partial charge in [-0.2, -0.15) is 0 Å². The third-order valence-electron chi connectivity index (χ3n) is 1.34. The van der Waals surface area contributed by atoms with Gasteiger partial charge in [-0.1, -0.05) is 18.2 Å². The molecule has 1 rings (SSSR count). The lowest BCUT2D eigenvalue weighted by atomic mass is 10.2. The molecule has 0 aromatic heterocycles. The van der Waals surface area contributed by atoms with E-state index in [0.29, 0.717) is 6.61 Å². The molecule has 0 heterocycles. The maximum Gasteiger partial charge on any atom is 0.119 e. The number of benzene rings is 1. The Labute approximate surface area is 72.8 Å². The molecular formula is C10H14O2. The van der Waals surface area contributed by atoms with Gasteiger partial charge in [0, 0.05) is 0 Å². The van der Waals surface area contributed by atoms with E-state index in [2.05, 4.69) is 0 Å². The highest BCUT2D eigenvalue weighted by Gasteiger charge is 2.12. The minimum atomic E-state index is -0.768. The second-order valence-corrected chi connectivity index (χ2v) is 3.41. The first-order valence-corrected chi connectivity index (χ1v) is 3.98. The van der Waals surface area contributed by atoms with Gasteiger partial charge in [0.05, 0.1) is 5.60 Å². The van der Waals surface area contributed by atoms with Crippen molar-refractivity contribution in [2.45, 2.75) is 19.4 Å². The summed E-state index contributed by atoms with van der Waals surface area (Å²) in [5.41, 5.74) is -0.768. The molecule has 0 saturated heterocycles. The van der Waals surface area contributed by atoms with Crippen molar-refractivity contribution in [1.82, 2.24) is 0 Å². The number of ether oxygens (including phenoxy) is 1. The highest BCUT2D eigenvalue weighted by Crippen LogP contribution is 2.11. The van der Waals surface area contributed by atoms with E-state index in [-0.39, 0.29) is 0 Å². The highest BCUT2D eigenvalue weighted by molar-refractivity contribution is 5.20. The molecule has 2 heteroatoms. The van der Waals surface area contributed by atoms with Gasteiger partial charge in [-0.15, -0.1) is 0 Å². The van der Waals surface area contributed by atoms with Crippen molar-refractivity contribution in [3.63, 3.8) is 0 Å². The summed E-state index contributed by atoms with van der Waals surface area (Å²) in [6.07, 6.45) is 0. The average molecular weight is 166 g/mol. The minimum absolute atomic E-state index is 0.316. The molecule has 0 radical (unpaired) electrons. The summed E-state index contributed by atoms with van der Waals surface area (Å²) in [4.78, 5) is 0. The summed E-state index contributed by atoms with van der Waals surface area (Å²) in [7, 11) is 0. The zero-order chi connectivity index (χ0) is 9.03. The zero-order valence-corrected chi connectivity index (χ0v) is 7.45. The fourth-order valence-electron chi connectivity index (χ4n) is 0.777. The van der Waals surface area contributed by atoms with E-state index in [9.17, 15) is 5.11 Å². The van der Waals surface area contributed by atoms with Gasteiger partial charge < -0.3 is 9.84 Å². The van der Waals surface area contributed by atoms with E-state index in [4.69, 9.17) is 4.74 Å². The zero-order valence-electron chi connectivity index (χ0n) is 7.45. The second-order valence-electron chi connectivity index (χ2n) is 3.41. The summed E-state index contributed by atoms with van der Waals surface area (Å²) in [6, 6.07) is 9.47. The molecular weight excluding hydrogens is 152 g/mol. The van der Waals surface area contributed by atoms with Crippen LogP contribution in [0.15, 0.2) is 30.3 Å². The van der Waals surface area contributed by atoms with Crippen molar-refractivity contribution in [2.75, 3.05) is 6.61 Å². The molecule has 0 aliphatic heterocycles. The SMILES string of the molecule is CC(C)(O)COc1ccccc1. The van der Waals surface area contributed by atoms with Crippen LogP contribution in [0, 0.1) is 0 Å². The number of para-hydroxylation sites is 1. The quantitative estimate of drug-likeness (QED) is 0.742. The Morgan fingerprint density at radius 3 is 2.33 bits per heavy atom. The fourth-order valence-corrected chi connectivity index (χ4v) is 0.777. The van der Waals surface area contributed by atoms with Crippen LogP contribution in [0.3, 0.4) is 0 Å². The average Bonchev–Trinajstić information content (AvgIpc) is 2.02. The van der Waals surface area contributed by atoms with Gasteiger partial charge in [0.1, 0.15) is 12.4 Å². The van der Waals surface area contributed by atoms with E-state index in [1.807, 2.05) is 30.3 Å². The summed E-state index contributed by atoms with van der Waals surface area (Å²) in [5, 5.41) is 9.35. The van der Waals surface area contributed by atoms with Crippen LogP contribution < -0.4 is 4.74 Å². The van der Waals surface area contributed by atoms with Crippen LogP contribution in [0.25, 0.3) is 0 Å². The lowest BCUT2D eigenvalue weighted by Gasteiger charge is -2.17. The van der Waals surface area contributed by atoms with Gasteiger partial charge in [-0.3, -0.25) is 0 Å². The predicted molar refractivity (Wildman–Crippen MR) is 48.2 cm³/mol. The molecule has 0 aliphatic rings. The lowest BCUT2D eigenvalue weighted by Crippen LogP contribution is -2.27. The van der Waals surface area contributed by atoms with Crippen LogP contribution in [0.5, 0.6) is 5.75 Å². The van der Waals surface area contributed by atoms with Crippen LogP contribution in [0.2, 0.25) is 0 Å². The van der Waals surface area contributed by atoms with Crippen molar-refractivity contribution < 1.29 is 9.84 Å². The Morgan fingerprint density at radius 1 is 1.25 bits per heavy atom. The summed E-state index contributed by atoms with van der Waals surface area (Å²) in [5.74, 6) is 0.791. The molecule has 1 aromatic rings. The normalized spacial score (nSPS) is 11.2. The molecule has 2 nitrogen and oxygen atoms in total. The van der Waals surface area contributed by atoms with Gasteiger partial charge in [-0.25, -0.2) is 0 Å².